The second-order valence-electron chi connectivity index (χ2n) is 8.09. The second-order valence-corrected chi connectivity index (χ2v) is 9.99. The molecule has 0 N–H and O–H groups in total. The molecule has 0 unspecified atom stereocenters. The van der Waals surface area contributed by atoms with E-state index in [1.54, 1.807) is 0 Å². The van der Waals surface area contributed by atoms with Crippen LogP contribution in [-0.2, 0) is 26.8 Å². The first kappa shape index (κ1) is 21.1. The quantitative estimate of drug-likeness (QED) is 0.734. The summed E-state index contributed by atoms with van der Waals surface area (Å²) in [6.07, 6.45) is 3.81. The van der Waals surface area contributed by atoms with Crippen molar-refractivity contribution in [1.29, 1.82) is 0 Å². The molecule has 4 rings (SSSR count). The normalized spacial score (nSPS) is 22.3. The first-order valence-corrected chi connectivity index (χ1v) is 11.5. The fourth-order valence-corrected chi connectivity index (χ4v) is 5.89. The molecule has 7 nitrogen and oxygen atoms in total. The van der Waals surface area contributed by atoms with Crippen molar-refractivity contribution in [3.05, 3.63) is 47.3 Å². The summed E-state index contributed by atoms with van der Waals surface area (Å²) in [5.74, 6) is 0.347. The highest BCUT2D eigenvalue weighted by Gasteiger charge is 2.46. The number of aromatic nitrogens is 2. The van der Waals surface area contributed by atoms with Gasteiger partial charge >= 0.3 is 0 Å². The molecule has 1 aromatic carbocycles. The van der Waals surface area contributed by atoms with Crippen molar-refractivity contribution in [2.45, 2.75) is 49.5 Å². The van der Waals surface area contributed by atoms with Crippen molar-refractivity contribution in [2.24, 2.45) is 0 Å². The molecule has 1 atom stereocenters. The molecular weight excluding hydrogens is 409 g/mol. The van der Waals surface area contributed by atoms with Crippen LogP contribution in [0.4, 0.5) is 4.39 Å². The zero-order valence-electron chi connectivity index (χ0n) is 17.4. The molecule has 0 aliphatic carbocycles. The molecule has 1 saturated heterocycles. The number of halogens is 1. The maximum absolute atomic E-state index is 13.9. The summed E-state index contributed by atoms with van der Waals surface area (Å²) < 4.78 is 53.5. The Hall–Kier alpha value is -2.10. The highest BCUT2D eigenvalue weighted by molar-refractivity contribution is 7.89. The molecule has 1 spiro atoms. The molecule has 2 aliphatic heterocycles. The molecule has 0 bridgehead atoms. The first-order valence-electron chi connectivity index (χ1n) is 10.1. The summed E-state index contributed by atoms with van der Waals surface area (Å²) in [5, 5.41) is 0. The molecule has 1 aromatic heterocycles. The van der Waals surface area contributed by atoms with Gasteiger partial charge in [0.2, 0.25) is 10.0 Å². The van der Waals surface area contributed by atoms with E-state index in [4.69, 9.17) is 14.5 Å². The van der Waals surface area contributed by atoms with E-state index >= 15 is 0 Å². The van der Waals surface area contributed by atoms with Crippen molar-refractivity contribution in [1.82, 2.24) is 14.3 Å². The summed E-state index contributed by atoms with van der Waals surface area (Å²) in [4.78, 5) is 9.07. The third-order valence-corrected chi connectivity index (χ3v) is 7.61. The van der Waals surface area contributed by atoms with Crippen LogP contribution in [0.3, 0.4) is 0 Å². The van der Waals surface area contributed by atoms with Gasteiger partial charge in [-0.1, -0.05) is 13.8 Å². The molecule has 2 aliphatic rings. The van der Waals surface area contributed by atoms with Crippen LogP contribution < -0.4 is 4.74 Å². The monoisotopic (exact) mass is 435 g/mol. The Bertz CT molecular complexity index is 1060. The van der Waals surface area contributed by atoms with Gasteiger partial charge in [-0.2, -0.15) is 4.31 Å². The lowest BCUT2D eigenvalue weighted by atomic mass is 9.85. The van der Waals surface area contributed by atoms with Gasteiger partial charge in [0.25, 0.3) is 0 Å². The molecular formula is C21H26FN3O4S. The Morgan fingerprint density at radius 2 is 2.13 bits per heavy atom. The topological polar surface area (TPSA) is 81.6 Å². The number of hydrogen-bond acceptors (Lipinski definition) is 6. The maximum Gasteiger partial charge on any atom is 0.246 e. The zero-order valence-corrected chi connectivity index (χ0v) is 18.2. The van der Waals surface area contributed by atoms with Gasteiger partial charge in [-0.25, -0.2) is 22.8 Å². The largest absolute Gasteiger partial charge is 0.495 e. The SMILES string of the molecule is COc1ccc(F)cc1S(=O)(=O)N1CCC[C@@]2(C1)OCCc1cnc(C(C)C)nc12. The third kappa shape index (κ3) is 3.59. The van der Waals surface area contributed by atoms with E-state index in [2.05, 4.69) is 4.98 Å². The second kappa shape index (κ2) is 7.86. The highest BCUT2D eigenvalue weighted by atomic mass is 32.2. The van der Waals surface area contributed by atoms with Gasteiger partial charge in [-0.05, 0) is 43.0 Å². The van der Waals surface area contributed by atoms with Crippen molar-refractivity contribution in [3.63, 3.8) is 0 Å². The number of piperidine rings is 1. The molecule has 0 amide bonds. The molecule has 3 heterocycles. The van der Waals surface area contributed by atoms with Crippen LogP contribution in [0.2, 0.25) is 0 Å². The summed E-state index contributed by atoms with van der Waals surface area (Å²) in [6.45, 7) is 4.97. The molecule has 162 valence electrons. The summed E-state index contributed by atoms with van der Waals surface area (Å²) in [5.41, 5.74) is 0.943. The number of sulfonamides is 1. The summed E-state index contributed by atoms with van der Waals surface area (Å²) >= 11 is 0. The number of methoxy groups -OCH3 is 1. The van der Waals surface area contributed by atoms with Crippen LogP contribution in [-0.4, -0.2) is 49.5 Å². The predicted octanol–water partition coefficient (Wildman–Crippen LogP) is 3.00. The van der Waals surface area contributed by atoms with Gasteiger partial charge in [-0.3, -0.25) is 0 Å². The first-order chi connectivity index (χ1) is 14.3. The minimum absolute atomic E-state index is 0.116. The van der Waals surface area contributed by atoms with E-state index in [-0.39, 0.29) is 23.1 Å². The Morgan fingerprint density at radius 3 is 2.87 bits per heavy atom. The average Bonchev–Trinajstić information content (AvgIpc) is 2.74. The number of hydrogen-bond donors (Lipinski definition) is 0. The Morgan fingerprint density at radius 1 is 1.33 bits per heavy atom. The van der Waals surface area contributed by atoms with E-state index in [1.165, 1.54) is 23.5 Å². The van der Waals surface area contributed by atoms with Crippen LogP contribution in [0.5, 0.6) is 5.75 Å². The Kier molecular flexibility index (Phi) is 5.54. The van der Waals surface area contributed by atoms with Gasteiger partial charge in [-0.15, -0.1) is 0 Å². The van der Waals surface area contributed by atoms with E-state index in [1.807, 2.05) is 20.0 Å². The fourth-order valence-electron chi connectivity index (χ4n) is 4.19. The van der Waals surface area contributed by atoms with Gasteiger partial charge in [0.15, 0.2) is 0 Å². The standard InChI is InChI=1S/C21H26FN3O4S/c1-14(2)20-23-12-15-7-10-29-21(19(15)24-20)8-4-9-25(13-21)30(26,27)18-11-16(22)5-6-17(18)28-3/h5-6,11-12,14H,4,7-10,13H2,1-3H3/t21-/m0/s1. The minimum Gasteiger partial charge on any atom is -0.495 e. The number of nitrogens with zero attached hydrogens (tertiary/aromatic N) is 3. The van der Waals surface area contributed by atoms with Crippen LogP contribution >= 0.6 is 0 Å². The van der Waals surface area contributed by atoms with Crippen molar-refractivity contribution >= 4 is 10.0 Å². The number of benzene rings is 1. The maximum atomic E-state index is 13.9. The lowest BCUT2D eigenvalue weighted by Crippen LogP contribution is -2.52. The van der Waals surface area contributed by atoms with Gasteiger partial charge in [0.05, 0.1) is 19.4 Å². The number of rotatable bonds is 4. The Balaban J connectivity index is 1.75. The van der Waals surface area contributed by atoms with Crippen LogP contribution in [0, 0.1) is 5.82 Å². The van der Waals surface area contributed by atoms with Crippen LogP contribution in [0.25, 0.3) is 0 Å². The van der Waals surface area contributed by atoms with Gasteiger partial charge < -0.3 is 9.47 Å². The van der Waals surface area contributed by atoms with Crippen LogP contribution in [0.1, 0.15) is 49.7 Å². The molecule has 9 heteroatoms. The third-order valence-electron chi connectivity index (χ3n) is 5.74. The average molecular weight is 436 g/mol. The van der Waals surface area contributed by atoms with Gasteiger partial charge in [0, 0.05) is 25.2 Å². The molecule has 0 radical (unpaired) electrons. The lowest BCUT2D eigenvalue weighted by Gasteiger charge is -2.44. The van der Waals surface area contributed by atoms with Crippen molar-refractivity contribution in [2.75, 3.05) is 26.8 Å². The van der Waals surface area contributed by atoms with E-state index in [9.17, 15) is 12.8 Å². The summed E-state index contributed by atoms with van der Waals surface area (Å²) in [7, 11) is -2.62. The fraction of sp³-hybridized carbons (Fsp3) is 0.524. The molecule has 2 aromatic rings. The van der Waals surface area contributed by atoms with Gasteiger partial charge in [0.1, 0.15) is 27.9 Å². The zero-order chi connectivity index (χ0) is 21.5. The lowest BCUT2D eigenvalue weighted by molar-refractivity contribution is -0.0936. The van der Waals surface area contributed by atoms with E-state index in [0.717, 1.165) is 17.3 Å². The summed E-state index contributed by atoms with van der Waals surface area (Å²) in [6, 6.07) is 3.51. The number of fused-ring (bicyclic) bond motifs is 2. The predicted molar refractivity (Wildman–Crippen MR) is 108 cm³/mol. The molecule has 30 heavy (non-hydrogen) atoms. The van der Waals surface area contributed by atoms with Crippen LogP contribution in [0.15, 0.2) is 29.3 Å². The minimum atomic E-state index is -3.99. The highest BCUT2D eigenvalue weighted by Crippen LogP contribution is 2.41. The molecule has 1 fully saturated rings. The number of ether oxygens (including phenoxy) is 2. The molecule has 0 saturated carbocycles. The smallest absolute Gasteiger partial charge is 0.246 e. The van der Waals surface area contributed by atoms with E-state index < -0.39 is 21.4 Å². The van der Waals surface area contributed by atoms with E-state index in [0.29, 0.717) is 38.2 Å². The van der Waals surface area contributed by atoms with Crippen molar-refractivity contribution in [3.8, 4) is 5.75 Å². The van der Waals surface area contributed by atoms with Crippen molar-refractivity contribution < 1.29 is 22.3 Å². The Labute approximate surface area is 176 Å².